The smallest absolute Gasteiger partial charge is 0.176 e. The number of rotatable bonds is 12. The molecular formula is C31H30ClFN4O5S2. The maximum Gasteiger partial charge on any atom is 0.176 e. The number of anilines is 2. The first-order valence-corrected chi connectivity index (χ1v) is 16.6. The van der Waals surface area contributed by atoms with Gasteiger partial charge in [0.25, 0.3) is 0 Å². The van der Waals surface area contributed by atoms with E-state index in [2.05, 4.69) is 15.3 Å². The van der Waals surface area contributed by atoms with E-state index in [9.17, 15) is 12.8 Å². The van der Waals surface area contributed by atoms with E-state index < -0.39 is 21.4 Å². The van der Waals surface area contributed by atoms with Crippen LogP contribution in [0, 0.1) is 5.82 Å². The fraction of sp³-hybridized carbons (Fsp3) is 0.258. The molecule has 1 N–H and O–H groups in total. The molecule has 2 unspecified atom stereocenters. The fourth-order valence-corrected chi connectivity index (χ4v) is 6.29. The number of methoxy groups -OCH3 is 1. The van der Waals surface area contributed by atoms with Gasteiger partial charge in [-0.1, -0.05) is 30.7 Å². The van der Waals surface area contributed by atoms with Crippen LogP contribution in [0.15, 0.2) is 66.3 Å². The minimum atomic E-state index is -3.35. The van der Waals surface area contributed by atoms with Gasteiger partial charge in [0.15, 0.2) is 15.3 Å². The van der Waals surface area contributed by atoms with Crippen molar-refractivity contribution in [2.45, 2.75) is 38.9 Å². The van der Waals surface area contributed by atoms with Crippen LogP contribution in [0.25, 0.3) is 22.2 Å². The highest BCUT2D eigenvalue weighted by Crippen LogP contribution is 2.38. The molecule has 0 fully saturated rings. The lowest BCUT2D eigenvalue weighted by molar-refractivity contribution is 0.0503. The molecular weight excluding hydrogens is 627 g/mol. The van der Waals surface area contributed by atoms with Crippen molar-refractivity contribution in [2.75, 3.05) is 18.2 Å². The van der Waals surface area contributed by atoms with Gasteiger partial charge < -0.3 is 19.5 Å². The summed E-state index contributed by atoms with van der Waals surface area (Å²) < 4.78 is 55.1. The number of halogens is 2. The van der Waals surface area contributed by atoms with Gasteiger partial charge in [-0.15, -0.1) is 11.3 Å². The minimum absolute atomic E-state index is 0.00255. The molecule has 2 atom stereocenters. The molecule has 0 amide bonds. The van der Waals surface area contributed by atoms with Crippen LogP contribution >= 0.6 is 22.9 Å². The number of aromatic nitrogens is 3. The van der Waals surface area contributed by atoms with Crippen LogP contribution in [0.4, 0.5) is 15.9 Å². The predicted octanol–water partition coefficient (Wildman–Crippen LogP) is 7.74. The lowest BCUT2D eigenvalue weighted by atomic mass is 10.1. The van der Waals surface area contributed by atoms with E-state index in [1.807, 2.05) is 17.5 Å². The topological polar surface area (TPSA) is 113 Å². The standard InChI is InChI=1S/C31H30ClFN4O5S2/c1-5-44(38,39)19(3)42-18(2)31-37-27(16-43-31)23-13-24-26(14-29(23)40-4)34-17-35-30(24)36-22-9-10-28(25(32)12-22)41-15-20-7-6-8-21(33)11-20/h6-14,16-19H,5,15H2,1-4H3,(H,34,35,36). The lowest BCUT2D eigenvalue weighted by Gasteiger charge is -2.17. The Morgan fingerprint density at radius 2 is 1.89 bits per heavy atom. The van der Waals surface area contributed by atoms with Gasteiger partial charge in [-0.05, 0) is 55.8 Å². The molecule has 2 heterocycles. The SMILES string of the molecule is CCS(=O)(=O)C(C)OC(C)c1nc(-c2cc3c(Nc4ccc(OCc5cccc(F)c5)c(Cl)c4)ncnc3cc2OC)cs1. The molecule has 0 saturated carbocycles. The molecule has 0 bridgehead atoms. The van der Waals surface area contributed by atoms with E-state index >= 15 is 0 Å². The summed E-state index contributed by atoms with van der Waals surface area (Å²) in [5, 5.41) is 6.90. The normalized spacial score (nSPS) is 13.0. The van der Waals surface area contributed by atoms with Crippen LogP contribution < -0.4 is 14.8 Å². The molecule has 3 aromatic carbocycles. The second-order valence-electron chi connectivity index (χ2n) is 9.85. The maximum absolute atomic E-state index is 13.5. The lowest BCUT2D eigenvalue weighted by Crippen LogP contribution is -2.24. The number of hydrogen-bond donors (Lipinski definition) is 1. The molecule has 0 radical (unpaired) electrons. The van der Waals surface area contributed by atoms with Gasteiger partial charge >= 0.3 is 0 Å². The minimum Gasteiger partial charge on any atom is -0.496 e. The Balaban J connectivity index is 1.39. The van der Waals surface area contributed by atoms with Gasteiger partial charge in [0, 0.05) is 33.8 Å². The highest BCUT2D eigenvalue weighted by atomic mass is 35.5. The molecule has 5 aromatic rings. The third kappa shape index (κ3) is 7.10. The molecule has 0 spiro atoms. The molecule has 0 aliphatic heterocycles. The second-order valence-corrected chi connectivity index (χ2v) is 13.7. The van der Waals surface area contributed by atoms with Crippen molar-refractivity contribution in [3.05, 3.63) is 87.7 Å². The molecule has 0 aliphatic rings. The van der Waals surface area contributed by atoms with E-state index in [4.69, 9.17) is 30.8 Å². The summed E-state index contributed by atoms with van der Waals surface area (Å²) in [6, 6.07) is 15.1. The van der Waals surface area contributed by atoms with Gasteiger partial charge in [0.1, 0.15) is 47.2 Å². The van der Waals surface area contributed by atoms with Crippen LogP contribution in [0.1, 0.15) is 37.4 Å². The number of nitrogens with zero attached hydrogens (tertiary/aromatic N) is 3. The largest absolute Gasteiger partial charge is 0.496 e. The summed E-state index contributed by atoms with van der Waals surface area (Å²) in [6.45, 7) is 5.08. The Bertz CT molecular complexity index is 1900. The fourth-order valence-electron chi connectivity index (χ4n) is 4.44. The van der Waals surface area contributed by atoms with E-state index in [0.717, 1.165) is 0 Å². The average Bonchev–Trinajstić information content (AvgIpc) is 3.51. The van der Waals surface area contributed by atoms with Crippen LogP contribution in [-0.4, -0.2) is 41.7 Å². The number of fused-ring (bicyclic) bond motifs is 1. The van der Waals surface area contributed by atoms with Gasteiger partial charge in [0.2, 0.25) is 0 Å². The Kier molecular flexibility index (Phi) is 9.64. The third-order valence-corrected chi connectivity index (χ3v) is 10.1. The van der Waals surface area contributed by atoms with Gasteiger partial charge in [-0.2, -0.15) is 0 Å². The average molecular weight is 657 g/mol. The number of hydrogen-bond acceptors (Lipinski definition) is 10. The first kappa shape index (κ1) is 31.6. The van der Waals surface area contributed by atoms with Crippen molar-refractivity contribution in [1.82, 2.24) is 15.0 Å². The Morgan fingerprint density at radius 3 is 2.61 bits per heavy atom. The summed E-state index contributed by atoms with van der Waals surface area (Å²) >= 11 is 7.88. The van der Waals surface area contributed by atoms with E-state index in [-0.39, 0.29) is 18.2 Å². The zero-order valence-corrected chi connectivity index (χ0v) is 26.8. The number of nitrogens with one attached hydrogen (secondary N) is 1. The van der Waals surface area contributed by atoms with Gasteiger partial charge in [0.05, 0.1) is 23.3 Å². The number of ether oxygens (including phenoxy) is 3. The third-order valence-electron chi connectivity index (χ3n) is 6.88. The van der Waals surface area contributed by atoms with Crippen LogP contribution in [0.5, 0.6) is 11.5 Å². The molecule has 9 nitrogen and oxygen atoms in total. The molecule has 44 heavy (non-hydrogen) atoms. The second kappa shape index (κ2) is 13.4. The summed E-state index contributed by atoms with van der Waals surface area (Å²) in [5.41, 5.74) is 2.41. The highest BCUT2D eigenvalue weighted by molar-refractivity contribution is 7.91. The van der Waals surface area contributed by atoms with Crippen molar-refractivity contribution in [3.63, 3.8) is 0 Å². The van der Waals surface area contributed by atoms with Gasteiger partial charge in [-0.25, -0.2) is 27.8 Å². The molecule has 230 valence electrons. The Labute approximate surface area is 263 Å². The van der Waals surface area contributed by atoms with E-state index in [1.165, 1.54) is 36.7 Å². The summed E-state index contributed by atoms with van der Waals surface area (Å²) in [4.78, 5) is 13.6. The maximum atomic E-state index is 13.5. The monoisotopic (exact) mass is 656 g/mol. The zero-order valence-electron chi connectivity index (χ0n) is 24.4. The summed E-state index contributed by atoms with van der Waals surface area (Å²) in [5.74, 6) is 1.23. The van der Waals surface area contributed by atoms with Crippen LogP contribution in [-0.2, 0) is 21.2 Å². The molecule has 5 rings (SSSR count). The number of benzene rings is 3. The number of thiazole rings is 1. The van der Waals surface area contributed by atoms with Gasteiger partial charge in [-0.3, -0.25) is 0 Å². The van der Waals surface area contributed by atoms with Crippen LogP contribution in [0.3, 0.4) is 0 Å². The first-order chi connectivity index (χ1) is 21.1. The molecule has 0 saturated heterocycles. The van der Waals surface area contributed by atoms with Crippen molar-refractivity contribution in [1.29, 1.82) is 0 Å². The molecule has 0 aliphatic carbocycles. The van der Waals surface area contributed by atoms with Crippen molar-refractivity contribution >= 4 is 55.2 Å². The Hall–Kier alpha value is -3.84. The highest BCUT2D eigenvalue weighted by Gasteiger charge is 2.24. The Morgan fingerprint density at radius 1 is 1.07 bits per heavy atom. The van der Waals surface area contributed by atoms with E-state index in [0.29, 0.717) is 60.8 Å². The predicted molar refractivity (Wildman–Crippen MR) is 171 cm³/mol. The van der Waals surface area contributed by atoms with Crippen molar-refractivity contribution < 1.29 is 27.0 Å². The molecule has 2 aromatic heterocycles. The van der Waals surface area contributed by atoms with Crippen LogP contribution in [0.2, 0.25) is 5.02 Å². The summed E-state index contributed by atoms with van der Waals surface area (Å²) in [6.07, 6.45) is 0.926. The van der Waals surface area contributed by atoms with E-state index in [1.54, 1.807) is 51.3 Å². The number of sulfone groups is 1. The van der Waals surface area contributed by atoms with Crippen molar-refractivity contribution in [2.24, 2.45) is 0 Å². The first-order valence-electron chi connectivity index (χ1n) is 13.7. The quantitative estimate of drug-likeness (QED) is 0.144. The molecule has 13 heteroatoms. The summed E-state index contributed by atoms with van der Waals surface area (Å²) in [7, 11) is -1.78. The zero-order chi connectivity index (χ0) is 31.4. The van der Waals surface area contributed by atoms with Crippen molar-refractivity contribution in [3.8, 4) is 22.8 Å².